The van der Waals surface area contributed by atoms with E-state index in [-0.39, 0.29) is 0 Å². The number of H-pyrrole nitrogens is 1. The van der Waals surface area contributed by atoms with Crippen LogP contribution in [0.5, 0.6) is 0 Å². The van der Waals surface area contributed by atoms with Crippen LogP contribution in [-0.4, -0.2) is 36.3 Å². The first-order valence-electron chi connectivity index (χ1n) is 5.82. The van der Waals surface area contributed by atoms with Crippen molar-refractivity contribution >= 4 is 22.4 Å². The second-order valence-corrected chi connectivity index (χ2v) is 4.35. The Morgan fingerprint density at radius 2 is 2.12 bits per heavy atom. The Bertz CT molecular complexity index is 543. The number of nitrogen functional groups attached to an aromatic ring is 1. The average Bonchev–Trinajstić information content (AvgIpc) is 2.71. The van der Waals surface area contributed by atoms with Gasteiger partial charge in [-0.15, -0.1) is 0 Å². The van der Waals surface area contributed by atoms with Gasteiger partial charge in [0, 0.05) is 18.8 Å². The van der Waals surface area contributed by atoms with Gasteiger partial charge in [-0.3, -0.25) is 0 Å². The Labute approximate surface area is 99.6 Å². The number of benzene rings is 1. The van der Waals surface area contributed by atoms with E-state index in [0.717, 1.165) is 54.5 Å². The summed E-state index contributed by atoms with van der Waals surface area (Å²) in [7, 11) is 0. The third-order valence-electron chi connectivity index (χ3n) is 3.10. The Hall–Kier alpha value is -1.75. The zero-order chi connectivity index (χ0) is 11.8. The first-order valence-corrected chi connectivity index (χ1v) is 5.82. The first kappa shape index (κ1) is 10.4. The van der Waals surface area contributed by atoms with E-state index in [0.29, 0.717) is 0 Å². The molecule has 3 N–H and O–H groups in total. The van der Waals surface area contributed by atoms with Crippen LogP contribution in [0.2, 0.25) is 0 Å². The smallest absolute Gasteiger partial charge is 0.112 e. The lowest BCUT2D eigenvalue weighted by Crippen LogP contribution is -2.36. The molecule has 0 atom stereocenters. The van der Waals surface area contributed by atoms with Gasteiger partial charge >= 0.3 is 0 Å². The molecule has 0 amide bonds. The quantitative estimate of drug-likeness (QED) is 0.727. The molecule has 0 saturated carbocycles. The Morgan fingerprint density at radius 1 is 1.35 bits per heavy atom. The van der Waals surface area contributed by atoms with Crippen molar-refractivity contribution in [3.05, 3.63) is 18.0 Å². The van der Waals surface area contributed by atoms with Crippen molar-refractivity contribution in [2.24, 2.45) is 0 Å². The normalized spacial score (nSPS) is 16.6. The molecule has 1 aromatic carbocycles. The summed E-state index contributed by atoms with van der Waals surface area (Å²) in [6.45, 7) is 5.32. The van der Waals surface area contributed by atoms with Gasteiger partial charge in [0.1, 0.15) is 11.3 Å². The fourth-order valence-corrected chi connectivity index (χ4v) is 2.26. The average molecular weight is 232 g/mol. The van der Waals surface area contributed by atoms with E-state index < -0.39 is 0 Å². The SMILES string of the molecule is Cc1nc2c(N)cc(N3CCOCC3)cc2[nH]1. The fraction of sp³-hybridized carbons (Fsp3) is 0.417. The molecular formula is C12H16N4O. The van der Waals surface area contributed by atoms with Crippen LogP contribution in [-0.2, 0) is 4.74 Å². The molecule has 3 rings (SSSR count). The van der Waals surface area contributed by atoms with Crippen LogP contribution in [0.1, 0.15) is 5.82 Å². The highest BCUT2D eigenvalue weighted by molar-refractivity contribution is 5.90. The topological polar surface area (TPSA) is 67.2 Å². The summed E-state index contributed by atoms with van der Waals surface area (Å²) in [4.78, 5) is 9.89. The summed E-state index contributed by atoms with van der Waals surface area (Å²) in [5, 5.41) is 0. The lowest BCUT2D eigenvalue weighted by atomic mass is 10.2. The third kappa shape index (κ3) is 1.82. The molecule has 5 nitrogen and oxygen atoms in total. The van der Waals surface area contributed by atoms with Gasteiger partial charge in [0.2, 0.25) is 0 Å². The van der Waals surface area contributed by atoms with Gasteiger partial charge in [0.05, 0.1) is 24.4 Å². The highest BCUT2D eigenvalue weighted by Gasteiger charge is 2.14. The van der Waals surface area contributed by atoms with Gasteiger partial charge < -0.3 is 20.4 Å². The molecule has 1 saturated heterocycles. The molecule has 0 spiro atoms. The fourth-order valence-electron chi connectivity index (χ4n) is 2.26. The maximum absolute atomic E-state index is 6.04. The summed E-state index contributed by atoms with van der Waals surface area (Å²) >= 11 is 0. The van der Waals surface area contributed by atoms with E-state index in [1.165, 1.54) is 0 Å². The number of nitrogens with two attached hydrogens (primary N) is 1. The minimum Gasteiger partial charge on any atom is -0.397 e. The summed E-state index contributed by atoms with van der Waals surface area (Å²) in [6.07, 6.45) is 0. The number of fused-ring (bicyclic) bond motifs is 1. The number of hydrogen-bond donors (Lipinski definition) is 2. The molecule has 90 valence electrons. The van der Waals surface area contributed by atoms with Crippen LogP contribution in [0.3, 0.4) is 0 Å². The van der Waals surface area contributed by atoms with Crippen LogP contribution < -0.4 is 10.6 Å². The van der Waals surface area contributed by atoms with Crippen LogP contribution in [0.15, 0.2) is 12.1 Å². The number of imidazole rings is 1. The molecular weight excluding hydrogens is 216 g/mol. The predicted molar refractivity (Wildman–Crippen MR) is 68.3 cm³/mol. The number of aryl methyl sites for hydroxylation is 1. The maximum Gasteiger partial charge on any atom is 0.112 e. The Balaban J connectivity index is 2.04. The predicted octanol–water partition coefficient (Wildman–Crippen LogP) is 1.29. The van der Waals surface area contributed by atoms with Crippen LogP contribution in [0.4, 0.5) is 11.4 Å². The minimum atomic E-state index is 0.730. The van der Waals surface area contributed by atoms with Crippen LogP contribution in [0, 0.1) is 6.92 Å². The molecule has 2 aromatic rings. The number of hydrogen-bond acceptors (Lipinski definition) is 4. The van der Waals surface area contributed by atoms with Crippen molar-refractivity contribution in [2.45, 2.75) is 6.92 Å². The lowest BCUT2D eigenvalue weighted by Gasteiger charge is -2.29. The second kappa shape index (κ2) is 3.92. The van der Waals surface area contributed by atoms with Crippen molar-refractivity contribution < 1.29 is 4.74 Å². The third-order valence-corrected chi connectivity index (χ3v) is 3.10. The Morgan fingerprint density at radius 3 is 2.88 bits per heavy atom. The molecule has 17 heavy (non-hydrogen) atoms. The van der Waals surface area contributed by atoms with Crippen LogP contribution >= 0.6 is 0 Å². The molecule has 0 unspecified atom stereocenters. The molecule has 0 bridgehead atoms. The number of aromatic amines is 1. The van der Waals surface area contributed by atoms with Crippen LogP contribution in [0.25, 0.3) is 11.0 Å². The number of rotatable bonds is 1. The summed E-state index contributed by atoms with van der Waals surface area (Å²) < 4.78 is 5.35. The molecule has 1 aliphatic heterocycles. The lowest BCUT2D eigenvalue weighted by molar-refractivity contribution is 0.122. The maximum atomic E-state index is 6.04. The molecule has 1 aromatic heterocycles. The molecule has 1 fully saturated rings. The van der Waals surface area contributed by atoms with E-state index in [1.807, 2.05) is 13.0 Å². The van der Waals surface area contributed by atoms with E-state index in [2.05, 4.69) is 20.9 Å². The van der Waals surface area contributed by atoms with E-state index in [9.17, 15) is 0 Å². The molecule has 0 radical (unpaired) electrons. The zero-order valence-corrected chi connectivity index (χ0v) is 9.86. The van der Waals surface area contributed by atoms with Crippen molar-refractivity contribution in [3.8, 4) is 0 Å². The monoisotopic (exact) mass is 232 g/mol. The largest absolute Gasteiger partial charge is 0.397 e. The van der Waals surface area contributed by atoms with Gasteiger partial charge in [-0.1, -0.05) is 0 Å². The van der Waals surface area contributed by atoms with Gasteiger partial charge in [0.15, 0.2) is 0 Å². The standard InChI is InChI=1S/C12H16N4O/c1-8-14-11-7-9(6-10(13)12(11)15-8)16-2-4-17-5-3-16/h6-7H,2-5,13H2,1H3,(H,14,15). The Kier molecular flexibility index (Phi) is 2.40. The van der Waals surface area contributed by atoms with E-state index >= 15 is 0 Å². The number of morpholine rings is 1. The molecule has 0 aliphatic carbocycles. The van der Waals surface area contributed by atoms with Crippen molar-refractivity contribution in [2.75, 3.05) is 36.9 Å². The minimum absolute atomic E-state index is 0.730. The zero-order valence-electron chi connectivity index (χ0n) is 9.86. The number of nitrogens with one attached hydrogen (secondary N) is 1. The van der Waals surface area contributed by atoms with E-state index in [4.69, 9.17) is 10.5 Å². The van der Waals surface area contributed by atoms with Crippen molar-refractivity contribution in [1.82, 2.24) is 9.97 Å². The molecule has 5 heteroatoms. The van der Waals surface area contributed by atoms with Crippen molar-refractivity contribution in [1.29, 1.82) is 0 Å². The molecule has 2 heterocycles. The summed E-state index contributed by atoms with van der Waals surface area (Å²) in [5.41, 5.74) is 9.77. The van der Waals surface area contributed by atoms with Gasteiger partial charge in [0.25, 0.3) is 0 Å². The van der Waals surface area contributed by atoms with Gasteiger partial charge in [-0.05, 0) is 19.1 Å². The summed E-state index contributed by atoms with van der Waals surface area (Å²) in [6, 6.07) is 4.10. The highest BCUT2D eigenvalue weighted by atomic mass is 16.5. The number of nitrogens with zero attached hydrogens (tertiary/aromatic N) is 2. The van der Waals surface area contributed by atoms with E-state index in [1.54, 1.807) is 0 Å². The number of anilines is 2. The second-order valence-electron chi connectivity index (χ2n) is 4.35. The first-order chi connectivity index (χ1) is 8.24. The highest BCUT2D eigenvalue weighted by Crippen LogP contribution is 2.27. The molecule has 1 aliphatic rings. The van der Waals surface area contributed by atoms with Gasteiger partial charge in [-0.25, -0.2) is 4.98 Å². The van der Waals surface area contributed by atoms with Gasteiger partial charge in [-0.2, -0.15) is 0 Å². The summed E-state index contributed by atoms with van der Waals surface area (Å²) in [5.74, 6) is 0.894. The number of aromatic nitrogens is 2. The van der Waals surface area contributed by atoms with Crippen molar-refractivity contribution in [3.63, 3.8) is 0 Å². The number of ether oxygens (including phenoxy) is 1.